The van der Waals surface area contributed by atoms with Gasteiger partial charge in [-0.15, -0.1) is 0 Å². The molecule has 0 saturated carbocycles. The summed E-state index contributed by atoms with van der Waals surface area (Å²) in [4.78, 5) is 2.41. The highest BCUT2D eigenvalue weighted by atomic mass is 16.3. The highest BCUT2D eigenvalue weighted by Crippen LogP contribution is 2.34. The average molecular weight is 357 g/mol. The van der Waals surface area contributed by atoms with Crippen LogP contribution in [0, 0.1) is 0 Å². The van der Waals surface area contributed by atoms with E-state index in [4.69, 9.17) is 0 Å². The molecule has 0 aliphatic carbocycles. The van der Waals surface area contributed by atoms with Gasteiger partial charge in [0.15, 0.2) is 11.5 Å². The summed E-state index contributed by atoms with van der Waals surface area (Å²) in [5.74, 6) is -0.0947. The molecule has 0 bridgehead atoms. The summed E-state index contributed by atoms with van der Waals surface area (Å²) in [7, 11) is 0. The Morgan fingerprint density at radius 3 is 2.19 bits per heavy atom. The Morgan fingerprint density at radius 2 is 1.48 bits per heavy atom. The van der Waals surface area contributed by atoms with Crippen molar-refractivity contribution in [1.82, 2.24) is 4.90 Å². The number of rotatable bonds is 4. The van der Waals surface area contributed by atoms with Crippen molar-refractivity contribution in [2.75, 3.05) is 0 Å². The lowest BCUT2D eigenvalue weighted by molar-refractivity contribution is 0.195. The summed E-state index contributed by atoms with van der Waals surface area (Å²) >= 11 is 0. The van der Waals surface area contributed by atoms with E-state index < -0.39 is 0 Å². The molecule has 0 fully saturated rings. The Kier molecular flexibility index (Phi) is 4.95. The Labute approximate surface area is 159 Å². The molecule has 1 atom stereocenters. The van der Waals surface area contributed by atoms with Crippen LogP contribution >= 0.6 is 0 Å². The van der Waals surface area contributed by atoms with Gasteiger partial charge in [0.2, 0.25) is 0 Å². The first-order chi connectivity index (χ1) is 13.2. The summed E-state index contributed by atoms with van der Waals surface area (Å²) in [6, 6.07) is 24.3. The first-order valence-electron chi connectivity index (χ1n) is 9.24. The quantitative estimate of drug-likeness (QED) is 0.663. The van der Waals surface area contributed by atoms with Crippen molar-refractivity contribution in [3.05, 3.63) is 101 Å². The fourth-order valence-electron chi connectivity index (χ4n) is 3.66. The zero-order valence-corrected chi connectivity index (χ0v) is 15.1. The Hall–Kier alpha value is -3.04. The summed E-state index contributed by atoms with van der Waals surface area (Å²) in [5.41, 5.74) is 4.61. The largest absolute Gasteiger partial charge is 0.504 e. The molecule has 0 amide bonds. The maximum absolute atomic E-state index is 9.89. The normalized spacial score (nSPS) is 17.1. The van der Waals surface area contributed by atoms with Gasteiger partial charge in [-0.3, -0.25) is 4.90 Å². The minimum Gasteiger partial charge on any atom is -0.504 e. The third kappa shape index (κ3) is 4.04. The molecule has 4 rings (SSSR count). The zero-order valence-electron chi connectivity index (χ0n) is 15.1. The third-order valence-electron chi connectivity index (χ3n) is 5.11. The minimum absolute atomic E-state index is 0.0453. The molecule has 0 radical (unpaired) electrons. The van der Waals surface area contributed by atoms with E-state index in [9.17, 15) is 10.2 Å². The van der Waals surface area contributed by atoms with Gasteiger partial charge in [-0.05, 0) is 40.8 Å². The van der Waals surface area contributed by atoms with E-state index in [0.717, 1.165) is 30.6 Å². The number of phenolic OH excluding ortho intramolecular Hbond substituents is 2. The molecule has 0 aromatic heterocycles. The van der Waals surface area contributed by atoms with Gasteiger partial charge < -0.3 is 10.2 Å². The molecular formula is C24H23NO2. The second-order valence-electron chi connectivity index (χ2n) is 7.04. The van der Waals surface area contributed by atoms with Gasteiger partial charge in [-0.25, -0.2) is 0 Å². The molecule has 0 saturated heterocycles. The molecule has 2 N–H and O–H groups in total. The Bertz CT molecular complexity index is 935. The number of hydrogen-bond donors (Lipinski definition) is 2. The number of benzene rings is 3. The predicted octanol–water partition coefficient (Wildman–Crippen LogP) is 4.74. The predicted molar refractivity (Wildman–Crippen MR) is 108 cm³/mol. The maximum atomic E-state index is 9.89. The molecule has 1 unspecified atom stereocenters. The fraction of sp³-hybridized carbons (Fsp3) is 0.167. The van der Waals surface area contributed by atoms with Crippen molar-refractivity contribution in [1.29, 1.82) is 0 Å². The number of fused-ring (bicyclic) bond motifs is 1. The van der Waals surface area contributed by atoms with Crippen LogP contribution in [-0.4, -0.2) is 21.2 Å². The van der Waals surface area contributed by atoms with Crippen molar-refractivity contribution in [2.45, 2.75) is 25.6 Å². The standard InChI is InChI=1S/C24H23NO2/c26-23-14-20-13-22(12-11-18-7-3-1-4-8-18)25(17-21(20)15-24(23)27)16-19-9-5-2-6-10-19/h1-12,14-15,22,26-27H,13,16-17H2. The first kappa shape index (κ1) is 17.4. The van der Waals surface area contributed by atoms with E-state index in [1.54, 1.807) is 12.1 Å². The van der Waals surface area contributed by atoms with Gasteiger partial charge in [0, 0.05) is 19.1 Å². The van der Waals surface area contributed by atoms with Crippen LogP contribution in [0.3, 0.4) is 0 Å². The molecule has 1 heterocycles. The molecule has 136 valence electrons. The van der Waals surface area contributed by atoms with E-state index in [-0.39, 0.29) is 17.5 Å². The van der Waals surface area contributed by atoms with Crippen LogP contribution in [0.4, 0.5) is 0 Å². The smallest absolute Gasteiger partial charge is 0.157 e. The van der Waals surface area contributed by atoms with Crippen LogP contribution in [0.2, 0.25) is 0 Å². The SMILES string of the molecule is Oc1cc2c(cc1O)CN(Cc1ccccc1)C(C=Cc1ccccc1)C2. The molecule has 3 heteroatoms. The van der Waals surface area contributed by atoms with Crippen LogP contribution < -0.4 is 0 Å². The zero-order chi connectivity index (χ0) is 18.6. The van der Waals surface area contributed by atoms with Gasteiger partial charge >= 0.3 is 0 Å². The Morgan fingerprint density at radius 1 is 0.852 bits per heavy atom. The molecule has 1 aliphatic heterocycles. The van der Waals surface area contributed by atoms with Crippen molar-refractivity contribution >= 4 is 6.08 Å². The van der Waals surface area contributed by atoms with Crippen molar-refractivity contribution < 1.29 is 10.2 Å². The molecular weight excluding hydrogens is 334 g/mol. The highest BCUT2D eigenvalue weighted by Gasteiger charge is 2.25. The number of hydrogen-bond acceptors (Lipinski definition) is 3. The molecule has 1 aliphatic rings. The van der Waals surface area contributed by atoms with Crippen LogP contribution in [0.15, 0.2) is 78.9 Å². The second-order valence-corrected chi connectivity index (χ2v) is 7.04. The first-order valence-corrected chi connectivity index (χ1v) is 9.24. The van der Waals surface area contributed by atoms with Crippen LogP contribution in [0.25, 0.3) is 6.08 Å². The molecule has 27 heavy (non-hydrogen) atoms. The molecule has 3 aromatic carbocycles. The van der Waals surface area contributed by atoms with Crippen LogP contribution in [0.5, 0.6) is 11.5 Å². The fourth-order valence-corrected chi connectivity index (χ4v) is 3.66. The molecule has 3 aromatic rings. The Balaban J connectivity index is 1.64. The lowest BCUT2D eigenvalue weighted by Gasteiger charge is -2.35. The molecule has 0 spiro atoms. The van der Waals surface area contributed by atoms with E-state index in [1.165, 1.54) is 11.1 Å². The molecule has 3 nitrogen and oxygen atoms in total. The lowest BCUT2D eigenvalue weighted by Crippen LogP contribution is -2.38. The van der Waals surface area contributed by atoms with Crippen molar-refractivity contribution in [3.63, 3.8) is 0 Å². The monoisotopic (exact) mass is 357 g/mol. The number of phenols is 2. The highest BCUT2D eigenvalue weighted by molar-refractivity contribution is 5.51. The summed E-state index contributed by atoms with van der Waals surface area (Å²) in [5, 5.41) is 19.8. The number of nitrogens with zero attached hydrogens (tertiary/aromatic N) is 1. The average Bonchev–Trinajstić information content (AvgIpc) is 2.69. The minimum atomic E-state index is -0.0494. The third-order valence-corrected chi connectivity index (χ3v) is 5.11. The van der Waals surface area contributed by atoms with E-state index >= 15 is 0 Å². The summed E-state index contributed by atoms with van der Waals surface area (Å²) in [6.45, 7) is 1.58. The lowest BCUT2D eigenvalue weighted by atomic mass is 9.92. The van der Waals surface area contributed by atoms with E-state index in [0.29, 0.717) is 0 Å². The van der Waals surface area contributed by atoms with Crippen LogP contribution in [0.1, 0.15) is 22.3 Å². The van der Waals surface area contributed by atoms with Crippen molar-refractivity contribution in [2.24, 2.45) is 0 Å². The summed E-state index contributed by atoms with van der Waals surface area (Å²) in [6.07, 6.45) is 5.21. The topological polar surface area (TPSA) is 43.7 Å². The van der Waals surface area contributed by atoms with Crippen molar-refractivity contribution in [3.8, 4) is 11.5 Å². The van der Waals surface area contributed by atoms with Gasteiger partial charge in [-0.1, -0.05) is 72.8 Å². The van der Waals surface area contributed by atoms with Gasteiger partial charge in [0.05, 0.1) is 0 Å². The second kappa shape index (κ2) is 7.68. The van der Waals surface area contributed by atoms with Gasteiger partial charge in [-0.2, -0.15) is 0 Å². The maximum Gasteiger partial charge on any atom is 0.157 e. The summed E-state index contributed by atoms with van der Waals surface area (Å²) < 4.78 is 0. The van der Waals surface area contributed by atoms with Gasteiger partial charge in [0.25, 0.3) is 0 Å². The number of aromatic hydroxyl groups is 2. The van der Waals surface area contributed by atoms with Crippen LogP contribution in [-0.2, 0) is 19.5 Å². The van der Waals surface area contributed by atoms with E-state index in [2.05, 4.69) is 53.5 Å². The van der Waals surface area contributed by atoms with Gasteiger partial charge in [0.1, 0.15) is 0 Å². The van der Waals surface area contributed by atoms with E-state index in [1.807, 2.05) is 24.3 Å².